The van der Waals surface area contributed by atoms with Crippen LogP contribution in [0.1, 0.15) is 185 Å². The van der Waals surface area contributed by atoms with E-state index in [4.69, 9.17) is 18.9 Å². The van der Waals surface area contributed by atoms with Crippen LogP contribution in [0.25, 0.3) is 0 Å². The summed E-state index contributed by atoms with van der Waals surface area (Å²) in [5.74, 6) is -1.51. The molecule has 17 nitrogen and oxygen atoms in total. The number of unbranched alkanes of at least 4 members (excludes halogenated alkanes) is 7. The van der Waals surface area contributed by atoms with Crippen molar-refractivity contribution in [2.24, 2.45) is 0 Å². The van der Waals surface area contributed by atoms with Gasteiger partial charge in [-0.1, -0.05) is 221 Å². The maximum absolute atomic E-state index is 13.2. The van der Waals surface area contributed by atoms with E-state index in [-0.39, 0.29) is 115 Å². The number of ether oxygens (including phenoxy) is 4. The molecule has 0 spiro atoms. The van der Waals surface area contributed by atoms with Crippen LogP contribution < -0.4 is 46.1 Å². The fourth-order valence-corrected chi connectivity index (χ4v) is 10.4. The van der Waals surface area contributed by atoms with E-state index in [1.54, 1.807) is 36.4 Å². The van der Waals surface area contributed by atoms with E-state index < -0.39 is 17.8 Å². The lowest BCUT2D eigenvalue weighted by Gasteiger charge is -2.26. The van der Waals surface area contributed by atoms with Gasteiger partial charge in [0.15, 0.2) is 0 Å². The molecule has 0 atom stereocenters. The zero-order valence-electron chi connectivity index (χ0n) is 57.0. The van der Waals surface area contributed by atoms with Crippen molar-refractivity contribution in [1.82, 2.24) is 31.9 Å². The molecular weight excluding hydrogens is 1220 g/mol. The predicted molar refractivity (Wildman–Crippen MR) is 380 cm³/mol. The molecule has 17 heteroatoms. The van der Waals surface area contributed by atoms with Crippen molar-refractivity contribution in [3.8, 4) is 17.2 Å². The average molecular weight is 1320 g/mol. The van der Waals surface area contributed by atoms with Crippen LogP contribution in [0.5, 0.6) is 17.2 Å². The fraction of sp³-hybridized carbons (Fsp3) is 0.338. The molecule has 11 rings (SSSR count). The Morgan fingerprint density at radius 2 is 0.784 bits per heavy atom. The number of esters is 1. The molecule has 4 heterocycles. The third kappa shape index (κ3) is 25.1. The van der Waals surface area contributed by atoms with Crippen molar-refractivity contribution in [3.05, 3.63) is 256 Å². The van der Waals surface area contributed by atoms with Crippen LogP contribution in [-0.2, 0) is 56.1 Å². The van der Waals surface area contributed by atoms with Gasteiger partial charge >= 0.3 is 5.97 Å². The van der Waals surface area contributed by atoms with E-state index in [9.17, 15) is 33.6 Å². The lowest BCUT2D eigenvalue weighted by Crippen LogP contribution is -2.41. The number of benzene rings is 7. The van der Waals surface area contributed by atoms with Gasteiger partial charge in [0.2, 0.25) is 11.8 Å². The zero-order chi connectivity index (χ0) is 69.6. The van der Waals surface area contributed by atoms with Crippen LogP contribution in [0.3, 0.4) is 0 Å². The maximum atomic E-state index is 13.2. The summed E-state index contributed by atoms with van der Waals surface area (Å²) >= 11 is 0. The van der Waals surface area contributed by atoms with Gasteiger partial charge < -0.3 is 50.8 Å². The lowest BCUT2D eigenvalue weighted by atomic mass is 9.80. The van der Waals surface area contributed by atoms with Gasteiger partial charge in [-0.15, -0.1) is 0 Å². The van der Waals surface area contributed by atoms with Gasteiger partial charge in [0.1, 0.15) is 37.0 Å². The van der Waals surface area contributed by atoms with Crippen LogP contribution >= 0.6 is 0 Å². The Morgan fingerprint density at radius 1 is 0.433 bits per heavy atom. The first-order chi connectivity index (χ1) is 46.6. The highest BCUT2D eigenvalue weighted by Gasteiger charge is 2.25. The Hall–Kier alpha value is -10.3. The first kappa shape index (κ1) is 74.1. The van der Waals surface area contributed by atoms with Crippen molar-refractivity contribution >= 4 is 41.4 Å². The van der Waals surface area contributed by atoms with E-state index in [1.807, 2.05) is 109 Å². The Labute approximate surface area is 571 Å². The van der Waals surface area contributed by atoms with Crippen molar-refractivity contribution in [2.45, 2.75) is 136 Å². The number of carbonyl (C=O) groups excluding carboxylic acids is 7. The topological polar surface area (TPSA) is 229 Å². The summed E-state index contributed by atoms with van der Waals surface area (Å²) in [4.78, 5) is 90.1. The molecular formula is C80H94N6O11. The minimum Gasteiger partial charge on any atom is -0.494 e. The Kier molecular flexibility index (Phi) is 28.8. The number of rotatable bonds is 25. The van der Waals surface area contributed by atoms with Crippen LogP contribution in [0, 0.1) is 0 Å². The molecule has 4 aliphatic rings. The van der Waals surface area contributed by atoms with Gasteiger partial charge in [-0.3, -0.25) is 33.6 Å². The molecule has 7 aromatic carbocycles. The van der Waals surface area contributed by atoms with E-state index in [0.29, 0.717) is 18.1 Å². The van der Waals surface area contributed by atoms with Gasteiger partial charge in [0.05, 0.1) is 25.7 Å². The molecule has 0 unspecified atom stereocenters. The second-order valence-electron chi connectivity index (χ2n) is 25.9. The first-order valence-electron chi connectivity index (χ1n) is 33.3. The molecule has 8 bridgehead atoms. The Bertz CT molecular complexity index is 3440. The second-order valence-corrected chi connectivity index (χ2v) is 25.9. The van der Waals surface area contributed by atoms with Crippen molar-refractivity contribution in [2.75, 3.05) is 39.5 Å². The zero-order valence-corrected chi connectivity index (χ0v) is 57.0. The molecule has 6 N–H and O–H groups in total. The first-order valence-corrected chi connectivity index (χ1v) is 33.3. The molecule has 0 aromatic heterocycles. The molecule has 0 aliphatic carbocycles. The summed E-state index contributed by atoms with van der Waals surface area (Å²) < 4.78 is 22.8. The smallest absolute Gasteiger partial charge is 0.325 e. The number of carbonyl (C=O) groups is 7. The summed E-state index contributed by atoms with van der Waals surface area (Å²) in [6.07, 6.45) is 11.8. The van der Waals surface area contributed by atoms with Crippen LogP contribution in [0.4, 0.5) is 0 Å². The van der Waals surface area contributed by atoms with E-state index >= 15 is 0 Å². The lowest BCUT2D eigenvalue weighted by molar-refractivity contribution is -0.144. The molecule has 0 saturated carbocycles. The van der Waals surface area contributed by atoms with Crippen molar-refractivity contribution < 1.29 is 52.5 Å². The summed E-state index contributed by atoms with van der Waals surface area (Å²) in [6, 6.07) is 49.8. The molecule has 0 saturated heterocycles. The molecule has 0 fully saturated rings. The predicted octanol–water partition coefficient (Wildman–Crippen LogP) is 13.2. The monoisotopic (exact) mass is 1310 g/mol. The molecule has 510 valence electrons. The van der Waals surface area contributed by atoms with Crippen LogP contribution in [0.15, 0.2) is 189 Å². The second kappa shape index (κ2) is 37.7. The van der Waals surface area contributed by atoms with E-state index in [1.165, 1.54) is 36.1 Å². The highest BCUT2D eigenvalue weighted by Crippen LogP contribution is 2.33. The highest BCUT2D eigenvalue weighted by molar-refractivity contribution is 6.01. The Morgan fingerprint density at radius 3 is 1.14 bits per heavy atom. The number of hydrogen-bond acceptors (Lipinski definition) is 11. The van der Waals surface area contributed by atoms with Gasteiger partial charge in [0, 0.05) is 48.4 Å². The van der Waals surface area contributed by atoms with Crippen molar-refractivity contribution in [1.29, 1.82) is 0 Å². The largest absolute Gasteiger partial charge is 0.494 e. The Balaban J connectivity index is 0.000000273. The van der Waals surface area contributed by atoms with Gasteiger partial charge in [-0.25, -0.2) is 0 Å². The molecule has 0 radical (unpaired) electrons. The quantitative estimate of drug-likeness (QED) is 0.0179. The molecule has 6 amide bonds. The average Bonchev–Trinajstić information content (AvgIpc) is 0.863. The minimum absolute atomic E-state index is 0.0807. The fourth-order valence-electron chi connectivity index (χ4n) is 10.4. The van der Waals surface area contributed by atoms with Crippen LogP contribution in [-0.4, -0.2) is 80.9 Å². The standard InChI is InChI=1S/C42H58N2O5.C38H36N4O6/c1-41(2,3)34-27-35(42(4,5)6)29-36(28-34)48-25-19-11-9-7-8-10-12-20-26-49-38(46)31-43-37(45)30-44-40(47)39(32-21-15-13-16-22-32)33-23-17-14-18-24-33;1-3-13-47-33-17-29-15-30(18-33)36(44)40-22-26-7-11-28(12-8-26)24-42-38(46)32-16-31(19-34(20-32)48-14-4-2)37(45)41-23-27-9-5-25(6-10-27)21-39-35(29)43/h13-18,21-24,27-29,39H,7-12,19-20,25-26,30-31H2,1-6H3,(H,43,45)(H,44,47);3-12,15-20H,1-2,13-14,21-24H2,(H,39,43)(H,40,44)(H,41,45)(H,42,46). The minimum atomic E-state index is -0.538. The summed E-state index contributed by atoms with van der Waals surface area (Å²) in [7, 11) is 0. The van der Waals surface area contributed by atoms with Crippen molar-refractivity contribution in [3.63, 3.8) is 0 Å². The third-order valence-electron chi connectivity index (χ3n) is 16.0. The summed E-state index contributed by atoms with van der Waals surface area (Å²) in [6.45, 7) is 22.8. The summed E-state index contributed by atoms with van der Waals surface area (Å²) in [5, 5.41) is 16.8. The van der Waals surface area contributed by atoms with Gasteiger partial charge in [0.25, 0.3) is 23.6 Å². The molecule has 97 heavy (non-hydrogen) atoms. The molecule has 7 aromatic rings. The van der Waals surface area contributed by atoms with Gasteiger partial charge in [-0.2, -0.15) is 0 Å². The number of amides is 6. The normalized spacial score (nSPS) is 12.7. The SMILES string of the molecule is C=CCOc1cc2cc(c1)C(=O)NCc1ccc(cc1)CNC(=O)c1cc(OCC=C)cc(c1)C(=O)NCc1ccc(cc1)CNC2=O.CC(C)(C)c1cc(OCCCCCCCCCCOC(=O)CNC(=O)CNC(=O)C(c2ccccc2)c2ccccc2)cc(C(C)(C)C)c1. The maximum Gasteiger partial charge on any atom is 0.325 e. The van der Waals surface area contributed by atoms with Crippen LogP contribution in [0.2, 0.25) is 0 Å². The van der Waals surface area contributed by atoms with E-state index in [2.05, 4.69) is 105 Å². The molecule has 4 aliphatic heterocycles. The highest BCUT2D eigenvalue weighted by atomic mass is 16.5. The van der Waals surface area contributed by atoms with Gasteiger partial charge in [-0.05, 0) is 117 Å². The van der Waals surface area contributed by atoms with E-state index in [0.717, 1.165) is 84.3 Å². The number of hydrogen-bond donors (Lipinski definition) is 6. The number of nitrogens with one attached hydrogen (secondary N) is 6. The third-order valence-corrected chi connectivity index (χ3v) is 16.0. The summed E-state index contributed by atoms with van der Waals surface area (Å²) in [5.41, 5.74) is 8.91.